The lowest BCUT2D eigenvalue weighted by atomic mass is 9.99. The minimum Gasteiger partial charge on any atom is -0.484 e. The minimum absolute atomic E-state index is 0.00545. The van der Waals surface area contributed by atoms with Gasteiger partial charge in [0.15, 0.2) is 6.61 Å². The molecule has 1 fully saturated rings. The van der Waals surface area contributed by atoms with Gasteiger partial charge in [0.25, 0.3) is 5.91 Å². The number of nitrogens with zero attached hydrogens (tertiary/aromatic N) is 3. The van der Waals surface area contributed by atoms with E-state index in [1.165, 1.54) is 0 Å². The zero-order valence-corrected chi connectivity index (χ0v) is 18.5. The van der Waals surface area contributed by atoms with Gasteiger partial charge in [-0.1, -0.05) is 53.7 Å². The van der Waals surface area contributed by atoms with Gasteiger partial charge < -0.3 is 19.5 Å². The van der Waals surface area contributed by atoms with E-state index < -0.39 is 0 Å². The molecule has 0 aliphatic carbocycles. The van der Waals surface area contributed by atoms with E-state index in [2.05, 4.69) is 15.5 Å². The number of aromatic nitrogens is 2. The van der Waals surface area contributed by atoms with Crippen LogP contribution in [0.2, 0.25) is 0 Å². The third-order valence-corrected chi connectivity index (χ3v) is 5.69. The molecule has 1 atom stereocenters. The summed E-state index contributed by atoms with van der Waals surface area (Å²) in [4.78, 5) is 31.3. The van der Waals surface area contributed by atoms with Crippen molar-refractivity contribution in [3.8, 4) is 17.1 Å². The number of amides is 2. The summed E-state index contributed by atoms with van der Waals surface area (Å²) in [6.07, 6.45) is 2.50. The Morgan fingerprint density at radius 1 is 1.06 bits per heavy atom. The number of hydrogen-bond donors (Lipinski definition) is 1. The number of nitrogens with one attached hydrogen (secondary N) is 1. The van der Waals surface area contributed by atoms with Gasteiger partial charge in [0.05, 0.1) is 0 Å². The molecule has 1 saturated heterocycles. The Kier molecular flexibility index (Phi) is 7.68. The van der Waals surface area contributed by atoms with Crippen molar-refractivity contribution >= 4 is 11.8 Å². The number of benzene rings is 2. The molecule has 0 bridgehead atoms. The van der Waals surface area contributed by atoms with E-state index in [1.54, 1.807) is 4.90 Å². The molecular weight excluding hydrogens is 420 g/mol. The average molecular weight is 449 g/mol. The molecular formula is C25H28N4O4. The minimum atomic E-state index is -0.133. The molecule has 3 aromatic rings. The van der Waals surface area contributed by atoms with Gasteiger partial charge in [-0.15, -0.1) is 0 Å². The molecule has 0 saturated carbocycles. The Morgan fingerprint density at radius 2 is 1.82 bits per heavy atom. The van der Waals surface area contributed by atoms with Gasteiger partial charge in [-0.2, -0.15) is 4.98 Å². The molecule has 1 aliphatic heterocycles. The van der Waals surface area contributed by atoms with Crippen LogP contribution < -0.4 is 10.1 Å². The van der Waals surface area contributed by atoms with Gasteiger partial charge in [0, 0.05) is 37.5 Å². The summed E-state index contributed by atoms with van der Waals surface area (Å²) in [5, 5.41) is 7.07. The van der Waals surface area contributed by atoms with Crippen LogP contribution in [0.25, 0.3) is 11.4 Å². The fraction of sp³-hybridized carbons (Fsp3) is 0.360. The summed E-state index contributed by atoms with van der Waals surface area (Å²) in [5.41, 5.74) is 0.896. The largest absolute Gasteiger partial charge is 0.484 e. The first-order chi connectivity index (χ1) is 16.2. The van der Waals surface area contributed by atoms with E-state index in [-0.39, 0.29) is 30.8 Å². The molecule has 0 spiro atoms. The second-order valence-electron chi connectivity index (χ2n) is 8.03. The standard InChI is InChI=1S/C25H28N4O4/c30-22-14-17-29(23(31)18-32-21-11-5-2-6-12-21)16-7-10-20(13-15-26-22)25-27-24(28-33-25)19-8-3-1-4-9-19/h1-6,8-9,11-12,20H,7,10,13-18H2,(H,26,30). The van der Waals surface area contributed by atoms with Crippen LogP contribution in [-0.4, -0.2) is 53.1 Å². The summed E-state index contributed by atoms with van der Waals surface area (Å²) in [6.45, 7) is 1.38. The monoisotopic (exact) mass is 448 g/mol. The molecule has 1 unspecified atom stereocenters. The fourth-order valence-corrected chi connectivity index (χ4v) is 3.85. The molecule has 33 heavy (non-hydrogen) atoms. The maximum atomic E-state index is 12.8. The molecule has 2 aromatic carbocycles. The number of hydrogen-bond acceptors (Lipinski definition) is 6. The maximum absolute atomic E-state index is 12.8. The molecule has 8 heteroatoms. The highest BCUT2D eigenvalue weighted by Gasteiger charge is 2.23. The van der Waals surface area contributed by atoms with E-state index in [9.17, 15) is 9.59 Å². The molecule has 4 rings (SSSR count). The molecule has 8 nitrogen and oxygen atoms in total. The topological polar surface area (TPSA) is 97.6 Å². The molecule has 172 valence electrons. The summed E-state index contributed by atoms with van der Waals surface area (Å²) < 4.78 is 11.2. The number of carbonyl (C=O) groups excluding carboxylic acids is 2. The van der Waals surface area contributed by atoms with E-state index in [1.807, 2.05) is 60.7 Å². The second-order valence-corrected chi connectivity index (χ2v) is 8.03. The van der Waals surface area contributed by atoms with Crippen molar-refractivity contribution in [1.29, 1.82) is 0 Å². The van der Waals surface area contributed by atoms with Gasteiger partial charge in [0.1, 0.15) is 5.75 Å². The molecule has 2 amide bonds. The third-order valence-electron chi connectivity index (χ3n) is 5.69. The fourth-order valence-electron chi connectivity index (χ4n) is 3.85. The third kappa shape index (κ3) is 6.41. The number of carbonyl (C=O) groups is 2. The molecule has 1 aromatic heterocycles. The van der Waals surface area contributed by atoms with Crippen LogP contribution in [0.4, 0.5) is 0 Å². The lowest BCUT2D eigenvalue weighted by Gasteiger charge is -2.22. The predicted octanol–water partition coefficient (Wildman–Crippen LogP) is 3.42. The lowest BCUT2D eigenvalue weighted by Crippen LogP contribution is -2.38. The first kappa shape index (κ1) is 22.5. The van der Waals surface area contributed by atoms with E-state index in [0.717, 1.165) is 18.4 Å². The highest BCUT2D eigenvalue weighted by molar-refractivity contribution is 5.80. The summed E-state index contributed by atoms with van der Waals surface area (Å²) in [7, 11) is 0. The number of para-hydroxylation sites is 1. The summed E-state index contributed by atoms with van der Waals surface area (Å²) in [6, 6.07) is 18.9. The molecule has 0 radical (unpaired) electrons. The van der Waals surface area contributed by atoms with E-state index in [4.69, 9.17) is 9.26 Å². The Bertz CT molecular complexity index is 1040. The maximum Gasteiger partial charge on any atom is 0.260 e. The average Bonchev–Trinajstić information content (AvgIpc) is 3.33. The Labute approximate surface area is 192 Å². The number of ether oxygens (including phenoxy) is 1. The van der Waals surface area contributed by atoms with E-state index in [0.29, 0.717) is 43.5 Å². The van der Waals surface area contributed by atoms with Gasteiger partial charge >= 0.3 is 0 Å². The van der Waals surface area contributed by atoms with Crippen molar-refractivity contribution in [2.24, 2.45) is 0 Å². The number of rotatable bonds is 5. The van der Waals surface area contributed by atoms with Crippen LogP contribution in [-0.2, 0) is 9.59 Å². The summed E-state index contributed by atoms with van der Waals surface area (Å²) >= 11 is 0. The normalized spacial score (nSPS) is 17.6. The van der Waals surface area contributed by atoms with Crippen LogP contribution >= 0.6 is 0 Å². The highest BCUT2D eigenvalue weighted by Crippen LogP contribution is 2.26. The van der Waals surface area contributed by atoms with Crippen molar-refractivity contribution in [2.75, 3.05) is 26.2 Å². The summed E-state index contributed by atoms with van der Waals surface area (Å²) in [5.74, 6) is 1.56. The predicted molar refractivity (Wildman–Crippen MR) is 122 cm³/mol. The Hall–Kier alpha value is -3.68. The first-order valence-electron chi connectivity index (χ1n) is 11.3. The first-order valence-corrected chi connectivity index (χ1v) is 11.3. The van der Waals surface area contributed by atoms with Crippen molar-refractivity contribution in [1.82, 2.24) is 20.4 Å². The van der Waals surface area contributed by atoms with E-state index >= 15 is 0 Å². The van der Waals surface area contributed by atoms with Gasteiger partial charge in [0.2, 0.25) is 17.6 Å². The van der Waals surface area contributed by atoms with Crippen LogP contribution in [0.5, 0.6) is 5.75 Å². The van der Waals surface area contributed by atoms with Crippen molar-refractivity contribution in [3.63, 3.8) is 0 Å². The highest BCUT2D eigenvalue weighted by atomic mass is 16.5. The van der Waals surface area contributed by atoms with Crippen LogP contribution in [0.1, 0.15) is 37.5 Å². The van der Waals surface area contributed by atoms with Crippen molar-refractivity contribution < 1.29 is 18.8 Å². The van der Waals surface area contributed by atoms with Crippen molar-refractivity contribution in [3.05, 3.63) is 66.6 Å². The Balaban J connectivity index is 1.39. The molecule has 2 heterocycles. The van der Waals surface area contributed by atoms with Gasteiger partial charge in [-0.05, 0) is 31.4 Å². The Morgan fingerprint density at radius 3 is 2.61 bits per heavy atom. The molecule has 1 aliphatic rings. The smallest absolute Gasteiger partial charge is 0.260 e. The molecule has 1 N–H and O–H groups in total. The van der Waals surface area contributed by atoms with Crippen LogP contribution in [0, 0.1) is 0 Å². The SMILES string of the molecule is O=C1CCN(C(=O)COc2ccccc2)CCCC(c2nc(-c3ccccc3)no2)CCN1. The van der Waals surface area contributed by atoms with Crippen LogP contribution in [0.15, 0.2) is 65.2 Å². The lowest BCUT2D eigenvalue weighted by molar-refractivity contribution is -0.134. The zero-order valence-electron chi connectivity index (χ0n) is 18.5. The van der Waals surface area contributed by atoms with Gasteiger partial charge in [-0.25, -0.2) is 0 Å². The quantitative estimate of drug-likeness (QED) is 0.642. The van der Waals surface area contributed by atoms with Crippen molar-refractivity contribution in [2.45, 2.75) is 31.6 Å². The second kappa shape index (κ2) is 11.3. The van der Waals surface area contributed by atoms with Gasteiger partial charge in [-0.3, -0.25) is 9.59 Å². The zero-order chi connectivity index (χ0) is 22.9. The van der Waals surface area contributed by atoms with Crippen LogP contribution in [0.3, 0.4) is 0 Å².